The molecule has 0 saturated heterocycles. The third-order valence-electron chi connectivity index (χ3n) is 2.85. The maximum Gasteiger partial charge on any atom is 0.0830 e. The summed E-state index contributed by atoms with van der Waals surface area (Å²) >= 11 is 3.49. The molecule has 0 aliphatic carbocycles. The zero-order chi connectivity index (χ0) is 12.3. The summed E-state index contributed by atoms with van der Waals surface area (Å²) in [6.45, 7) is 2.04. The van der Waals surface area contributed by atoms with Gasteiger partial charge in [0.25, 0.3) is 0 Å². The lowest BCUT2D eigenvalue weighted by Gasteiger charge is -2.12. The number of benzene rings is 2. The van der Waals surface area contributed by atoms with Crippen molar-refractivity contribution in [3.63, 3.8) is 0 Å². The third-order valence-corrected chi connectivity index (χ3v) is 3.71. The Labute approximate surface area is 110 Å². The Balaban J connectivity index is 2.14. The Morgan fingerprint density at radius 2 is 1.82 bits per heavy atom. The van der Waals surface area contributed by atoms with E-state index < -0.39 is 6.10 Å². The molecule has 1 nitrogen and oxygen atoms in total. The number of rotatable bonds is 3. The predicted octanol–water partition coefficient (Wildman–Crippen LogP) is 4.03. The molecule has 0 aliphatic heterocycles. The maximum absolute atomic E-state index is 10.2. The van der Waals surface area contributed by atoms with Gasteiger partial charge < -0.3 is 5.11 Å². The Morgan fingerprint density at radius 3 is 2.47 bits per heavy atom. The minimum Gasteiger partial charge on any atom is -0.388 e. The van der Waals surface area contributed by atoms with Gasteiger partial charge in [0.05, 0.1) is 6.10 Å². The van der Waals surface area contributed by atoms with Gasteiger partial charge in [0.1, 0.15) is 0 Å². The number of hydrogen-bond donors (Lipinski definition) is 1. The first-order valence-corrected chi connectivity index (χ1v) is 6.44. The smallest absolute Gasteiger partial charge is 0.0830 e. The molecule has 2 rings (SSSR count). The average Bonchev–Trinajstić information content (AvgIpc) is 2.34. The standard InChI is InChI=1S/C15H15BrO/c1-11-7-8-13(10-14(11)16)15(17)9-12-5-3-2-4-6-12/h2-8,10,15,17H,9H2,1H3. The van der Waals surface area contributed by atoms with Crippen molar-refractivity contribution in [3.05, 3.63) is 69.7 Å². The first kappa shape index (κ1) is 12.3. The van der Waals surface area contributed by atoms with Crippen molar-refractivity contribution >= 4 is 15.9 Å². The van der Waals surface area contributed by atoms with Gasteiger partial charge in [0.2, 0.25) is 0 Å². The Hall–Kier alpha value is -1.12. The average molecular weight is 291 g/mol. The van der Waals surface area contributed by atoms with Crippen LogP contribution in [0.5, 0.6) is 0 Å². The molecule has 1 N–H and O–H groups in total. The molecule has 0 saturated carbocycles. The van der Waals surface area contributed by atoms with Gasteiger partial charge in [-0.1, -0.05) is 58.4 Å². The number of halogens is 1. The fourth-order valence-corrected chi connectivity index (χ4v) is 2.17. The molecule has 2 heteroatoms. The van der Waals surface area contributed by atoms with Crippen molar-refractivity contribution in [3.8, 4) is 0 Å². The minimum atomic E-state index is -0.450. The predicted molar refractivity (Wildman–Crippen MR) is 74.0 cm³/mol. The summed E-state index contributed by atoms with van der Waals surface area (Å²) in [5.41, 5.74) is 3.28. The van der Waals surface area contributed by atoms with Gasteiger partial charge in [-0.2, -0.15) is 0 Å². The zero-order valence-electron chi connectivity index (χ0n) is 9.73. The minimum absolute atomic E-state index is 0.450. The molecule has 1 atom stereocenters. The molecule has 0 bridgehead atoms. The fourth-order valence-electron chi connectivity index (χ4n) is 1.77. The second-order valence-corrected chi connectivity index (χ2v) is 5.07. The van der Waals surface area contributed by atoms with Crippen molar-refractivity contribution in [1.29, 1.82) is 0 Å². The van der Waals surface area contributed by atoms with E-state index in [1.54, 1.807) is 0 Å². The molecular weight excluding hydrogens is 276 g/mol. The van der Waals surface area contributed by atoms with Crippen LogP contribution in [0, 0.1) is 6.92 Å². The third kappa shape index (κ3) is 3.18. The van der Waals surface area contributed by atoms with E-state index in [2.05, 4.69) is 15.9 Å². The molecule has 0 amide bonds. The Morgan fingerprint density at radius 1 is 1.12 bits per heavy atom. The van der Waals surface area contributed by atoms with Gasteiger partial charge in [0.15, 0.2) is 0 Å². The van der Waals surface area contributed by atoms with Crippen LogP contribution in [0.4, 0.5) is 0 Å². The van der Waals surface area contributed by atoms with Crippen molar-refractivity contribution in [2.24, 2.45) is 0 Å². The Kier molecular flexibility index (Phi) is 3.97. The molecule has 2 aromatic carbocycles. The highest BCUT2D eigenvalue weighted by Crippen LogP contribution is 2.24. The monoisotopic (exact) mass is 290 g/mol. The summed E-state index contributed by atoms with van der Waals surface area (Å²) in [6, 6.07) is 16.0. The van der Waals surface area contributed by atoms with Crippen LogP contribution >= 0.6 is 15.9 Å². The number of aliphatic hydroxyl groups excluding tert-OH is 1. The molecule has 88 valence electrons. The highest BCUT2D eigenvalue weighted by Gasteiger charge is 2.09. The summed E-state index contributed by atoms with van der Waals surface area (Å²) < 4.78 is 1.04. The van der Waals surface area contributed by atoms with Crippen LogP contribution in [0.1, 0.15) is 22.8 Å². The molecule has 0 aromatic heterocycles. The number of aliphatic hydroxyl groups is 1. The summed E-state index contributed by atoms with van der Waals surface area (Å²) in [4.78, 5) is 0. The van der Waals surface area contributed by atoms with Crippen molar-refractivity contribution in [2.45, 2.75) is 19.4 Å². The lowest BCUT2D eigenvalue weighted by Crippen LogP contribution is -2.01. The molecular formula is C15H15BrO. The Bertz CT molecular complexity index is 494. The van der Waals surface area contributed by atoms with Crippen LogP contribution in [0.2, 0.25) is 0 Å². The second-order valence-electron chi connectivity index (χ2n) is 4.21. The van der Waals surface area contributed by atoms with Crippen LogP contribution in [0.15, 0.2) is 53.0 Å². The first-order chi connectivity index (χ1) is 8.16. The molecule has 1 unspecified atom stereocenters. The SMILES string of the molecule is Cc1ccc(C(O)Cc2ccccc2)cc1Br. The lowest BCUT2D eigenvalue weighted by molar-refractivity contribution is 0.178. The van der Waals surface area contributed by atoms with Crippen LogP contribution in [-0.2, 0) is 6.42 Å². The highest BCUT2D eigenvalue weighted by molar-refractivity contribution is 9.10. The van der Waals surface area contributed by atoms with Crippen LogP contribution in [0.25, 0.3) is 0 Å². The van der Waals surface area contributed by atoms with E-state index in [0.717, 1.165) is 15.6 Å². The van der Waals surface area contributed by atoms with Crippen molar-refractivity contribution in [2.75, 3.05) is 0 Å². The van der Waals surface area contributed by atoms with Gasteiger partial charge in [-0.25, -0.2) is 0 Å². The van der Waals surface area contributed by atoms with Crippen LogP contribution < -0.4 is 0 Å². The molecule has 17 heavy (non-hydrogen) atoms. The van der Waals surface area contributed by atoms with Crippen LogP contribution in [-0.4, -0.2) is 5.11 Å². The van der Waals surface area contributed by atoms with Gasteiger partial charge >= 0.3 is 0 Å². The van der Waals surface area contributed by atoms with Gasteiger partial charge in [0, 0.05) is 10.9 Å². The van der Waals surface area contributed by atoms with Crippen molar-refractivity contribution < 1.29 is 5.11 Å². The van der Waals surface area contributed by atoms with E-state index in [-0.39, 0.29) is 0 Å². The topological polar surface area (TPSA) is 20.2 Å². The first-order valence-electron chi connectivity index (χ1n) is 5.65. The molecule has 0 radical (unpaired) electrons. The second kappa shape index (κ2) is 5.48. The number of aryl methyl sites for hydroxylation is 1. The summed E-state index contributed by atoms with van der Waals surface area (Å²) in [5, 5.41) is 10.2. The van der Waals surface area contributed by atoms with E-state index >= 15 is 0 Å². The van der Waals surface area contributed by atoms with E-state index in [1.807, 2.05) is 55.5 Å². The molecule has 0 fully saturated rings. The fraction of sp³-hybridized carbons (Fsp3) is 0.200. The van der Waals surface area contributed by atoms with E-state index in [4.69, 9.17) is 0 Å². The summed E-state index contributed by atoms with van der Waals surface area (Å²) in [5.74, 6) is 0. The summed E-state index contributed by atoms with van der Waals surface area (Å²) in [6.07, 6.45) is 0.199. The zero-order valence-corrected chi connectivity index (χ0v) is 11.3. The van der Waals surface area contributed by atoms with Crippen LogP contribution in [0.3, 0.4) is 0 Å². The molecule has 2 aromatic rings. The normalized spacial score (nSPS) is 12.4. The largest absolute Gasteiger partial charge is 0.388 e. The lowest BCUT2D eigenvalue weighted by atomic mass is 10.0. The molecule has 0 spiro atoms. The molecule has 0 heterocycles. The van der Waals surface area contributed by atoms with Gasteiger partial charge in [-0.3, -0.25) is 0 Å². The van der Waals surface area contributed by atoms with Crippen molar-refractivity contribution in [1.82, 2.24) is 0 Å². The van der Waals surface area contributed by atoms with E-state index in [0.29, 0.717) is 6.42 Å². The van der Waals surface area contributed by atoms with E-state index in [1.165, 1.54) is 5.56 Å². The van der Waals surface area contributed by atoms with Gasteiger partial charge in [-0.15, -0.1) is 0 Å². The number of hydrogen-bond acceptors (Lipinski definition) is 1. The molecule has 0 aliphatic rings. The summed E-state index contributed by atoms with van der Waals surface area (Å²) in [7, 11) is 0. The van der Waals surface area contributed by atoms with E-state index in [9.17, 15) is 5.11 Å². The quantitative estimate of drug-likeness (QED) is 0.905. The maximum atomic E-state index is 10.2. The van der Waals surface area contributed by atoms with Gasteiger partial charge in [-0.05, 0) is 29.7 Å². The highest BCUT2D eigenvalue weighted by atomic mass is 79.9.